The maximum Gasteiger partial charge on any atom is 0.336 e. The van der Waals surface area contributed by atoms with E-state index in [0.717, 1.165) is 5.75 Å². The predicted molar refractivity (Wildman–Crippen MR) is 75.7 cm³/mol. The lowest BCUT2D eigenvalue weighted by atomic mass is 10.1. The minimum absolute atomic E-state index is 0.144. The van der Waals surface area contributed by atoms with Gasteiger partial charge >= 0.3 is 5.97 Å². The number of hydrogen-bond donors (Lipinski definition) is 1. The number of halogens is 1. The number of benzene rings is 2. The van der Waals surface area contributed by atoms with Crippen LogP contribution in [0.1, 0.15) is 15.9 Å². The van der Waals surface area contributed by atoms with Gasteiger partial charge in [-0.2, -0.15) is 0 Å². The van der Waals surface area contributed by atoms with E-state index >= 15 is 0 Å². The third-order valence-electron chi connectivity index (χ3n) is 2.76. The van der Waals surface area contributed by atoms with E-state index < -0.39 is 5.97 Å². The van der Waals surface area contributed by atoms with Crippen molar-refractivity contribution in [2.75, 3.05) is 7.11 Å². The van der Waals surface area contributed by atoms with Crippen molar-refractivity contribution in [3.05, 3.63) is 58.6 Å². The zero-order valence-electron chi connectivity index (χ0n) is 10.8. The van der Waals surface area contributed by atoms with Gasteiger partial charge in [0, 0.05) is 10.6 Å². The minimum Gasteiger partial charge on any atom is -0.497 e. The second kappa shape index (κ2) is 6.30. The van der Waals surface area contributed by atoms with Gasteiger partial charge in [0.15, 0.2) is 0 Å². The van der Waals surface area contributed by atoms with E-state index in [4.69, 9.17) is 26.2 Å². The normalized spacial score (nSPS) is 10.1. The molecule has 0 aliphatic heterocycles. The third-order valence-corrected chi connectivity index (χ3v) is 2.99. The van der Waals surface area contributed by atoms with Gasteiger partial charge in [-0.05, 0) is 36.4 Å². The fraction of sp³-hybridized carbons (Fsp3) is 0.133. The summed E-state index contributed by atoms with van der Waals surface area (Å²) in [4.78, 5) is 11.1. The minimum atomic E-state index is -1.03. The van der Waals surface area contributed by atoms with Gasteiger partial charge in [-0.15, -0.1) is 0 Å². The molecule has 104 valence electrons. The average molecular weight is 293 g/mol. The fourth-order valence-electron chi connectivity index (χ4n) is 1.71. The molecule has 0 aliphatic carbocycles. The molecule has 0 radical (unpaired) electrons. The van der Waals surface area contributed by atoms with Crippen molar-refractivity contribution in [1.29, 1.82) is 0 Å². The summed E-state index contributed by atoms with van der Waals surface area (Å²) >= 11 is 5.79. The number of aromatic carboxylic acids is 1. The summed E-state index contributed by atoms with van der Waals surface area (Å²) in [6, 6.07) is 11.8. The van der Waals surface area contributed by atoms with Gasteiger partial charge in [0.25, 0.3) is 0 Å². The lowest BCUT2D eigenvalue weighted by Crippen LogP contribution is -2.05. The molecule has 0 bridgehead atoms. The second-order valence-electron chi connectivity index (χ2n) is 4.07. The smallest absolute Gasteiger partial charge is 0.336 e. The number of carbonyl (C=O) groups is 1. The van der Waals surface area contributed by atoms with E-state index in [-0.39, 0.29) is 12.2 Å². The van der Waals surface area contributed by atoms with Crippen molar-refractivity contribution in [3.8, 4) is 11.5 Å². The van der Waals surface area contributed by atoms with Gasteiger partial charge in [0.05, 0.1) is 12.7 Å². The average Bonchev–Trinajstić information content (AvgIpc) is 2.46. The van der Waals surface area contributed by atoms with E-state index in [1.807, 2.05) is 0 Å². The van der Waals surface area contributed by atoms with Gasteiger partial charge in [0.2, 0.25) is 0 Å². The largest absolute Gasteiger partial charge is 0.497 e. The van der Waals surface area contributed by atoms with Gasteiger partial charge in [-0.25, -0.2) is 4.79 Å². The molecule has 2 aromatic rings. The lowest BCUT2D eigenvalue weighted by Gasteiger charge is -2.09. The summed E-state index contributed by atoms with van der Waals surface area (Å²) in [5, 5.41) is 9.51. The number of ether oxygens (including phenoxy) is 2. The summed E-state index contributed by atoms with van der Waals surface area (Å²) in [6.45, 7) is 0.158. The number of rotatable bonds is 5. The second-order valence-corrected chi connectivity index (χ2v) is 4.51. The van der Waals surface area contributed by atoms with Gasteiger partial charge in [-0.1, -0.05) is 17.7 Å². The van der Waals surface area contributed by atoms with Crippen molar-refractivity contribution in [1.82, 2.24) is 0 Å². The summed E-state index contributed by atoms with van der Waals surface area (Å²) in [5.41, 5.74) is 0.712. The SMILES string of the molecule is COc1ccc(OCc2ccc(Cl)cc2C(=O)O)cc1. The first-order valence-electron chi connectivity index (χ1n) is 5.88. The highest BCUT2D eigenvalue weighted by Gasteiger charge is 2.11. The van der Waals surface area contributed by atoms with Crippen molar-refractivity contribution >= 4 is 17.6 Å². The van der Waals surface area contributed by atoms with E-state index in [0.29, 0.717) is 16.3 Å². The zero-order chi connectivity index (χ0) is 14.5. The van der Waals surface area contributed by atoms with E-state index in [1.54, 1.807) is 43.5 Å². The van der Waals surface area contributed by atoms with Crippen LogP contribution in [0.15, 0.2) is 42.5 Å². The Balaban J connectivity index is 2.12. The molecule has 4 nitrogen and oxygen atoms in total. The van der Waals surface area contributed by atoms with Crippen LogP contribution in [0.3, 0.4) is 0 Å². The van der Waals surface area contributed by atoms with Crippen LogP contribution < -0.4 is 9.47 Å². The zero-order valence-corrected chi connectivity index (χ0v) is 11.6. The number of carboxylic acid groups (broad SMARTS) is 1. The van der Waals surface area contributed by atoms with Crippen LogP contribution in [0.5, 0.6) is 11.5 Å². The van der Waals surface area contributed by atoms with Gasteiger partial charge in [0.1, 0.15) is 18.1 Å². The Labute approximate surface area is 121 Å². The Hall–Kier alpha value is -2.20. The van der Waals surface area contributed by atoms with Crippen LogP contribution in [0.4, 0.5) is 0 Å². The highest BCUT2D eigenvalue weighted by molar-refractivity contribution is 6.30. The molecule has 0 amide bonds. The Morgan fingerprint density at radius 1 is 1.15 bits per heavy atom. The van der Waals surface area contributed by atoms with Crippen molar-refractivity contribution in [3.63, 3.8) is 0 Å². The molecule has 0 heterocycles. The van der Waals surface area contributed by atoms with E-state index in [2.05, 4.69) is 0 Å². The topological polar surface area (TPSA) is 55.8 Å². The number of hydrogen-bond acceptors (Lipinski definition) is 3. The van der Waals surface area contributed by atoms with Crippen LogP contribution in [0, 0.1) is 0 Å². The first-order valence-corrected chi connectivity index (χ1v) is 6.26. The summed E-state index contributed by atoms with van der Waals surface area (Å²) in [6.07, 6.45) is 0. The van der Waals surface area contributed by atoms with Crippen LogP contribution in [-0.4, -0.2) is 18.2 Å². The third kappa shape index (κ3) is 3.42. The molecule has 2 rings (SSSR count). The Bertz CT molecular complexity index is 608. The van der Waals surface area contributed by atoms with Gasteiger partial charge < -0.3 is 14.6 Å². The highest BCUT2D eigenvalue weighted by Crippen LogP contribution is 2.21. The molecule has 0 saturated carbocycles. The van der Waals surface area contributed by atoms with E-state index in [9.17, 15) is 4.79 Å². The van der Waals surface area contributed by atoms with Crippen molar-refractivity contribution in [2.24, 2.45) is 0 Å². The predicted octanol–water partition coefficient (Wildman–Crippen LogP) is 3.63. The standard InChI is InChI=1S/C15H13ClO4/c1-19-12-4-6-13(7-5-12)20-9-10-2-3-11(16)8-14(10)15(17)18/h2-8H,9H2,1H3,(H,17,18). The molecule has 1 N–H and O–H groups in total. The first kappa shape index (κ1) is 14.2. The molecule has 0 unspecified atom stereocenters. The molecule has 0 aliphatic rings. The first-order chi connectivity index (χ1) is 9.60. The Kier molecular flexibility index (Phi) is 4.48. The van der Waals surface area contributed by atoms with E-state index in [1.165, 1.54) is 6.07 Å². The number of methoxy groups -OCH3 is 1. The fourth-order valence-corrected chi connectivity index (χ4v) is 1.88. The van der Waals surface area contributed by atoms with Gasteiger partial charge in [-0.3, -0.25) is 0 Å². The molecule has 0 fully saturated rings. The molecule has 0 saturated heterocycles. The summed E-state index contributed by atoms with van der Waals surface area (Å²) in [5.74, 6) is 0.341. The van der Waals surface area contributed by atoms with Crippen LogP contribution >= 0.6 is 11.6 Å². The summed E-state index contributed by atoms with van der Waals surface area (Å²) < 4.78 is 10.6. The van der Waals surface area contributed by atoms with Crippen molar-refractivity contribution in [2.45, 2.75) is 6.61 Å². The Morgan fingerprint density at radius 3 is 2.40 bits per heavy atom. The maximum absolute atomic E-state index is 11.1. The monoisotopic (exact) mass is 292 g/mol. The van der Waals surface area contributed by atoms with Crippen LogP contribution in [-0.2, 0) is 6.61 Å². The molecule has 20 heavy (non-hydrogen) atoms. The maximum atomic E-state index is 11.1. The Morgan fingerprint density at radius 2 is 1.80 bits per heavy atom. The van der Waals surface area contributed by atoms with Crippen LogP contribution in [0.25, 0.3) is 0 Å². The highest BCUT2D eigenvalue weighted by atomic mass is 35.5. The molecule has 0 aromatic heterocycles. The molecular weight excluding hydrogens is 280 g/mol. The summed E-state index contributed by atoms with van der Waals surface area (Å²) in [7, 11) is 1.59. The van der Waals surface area contributed by atoms with Crippen molar-refractivity contribution < 1.29 is 19.4 Å². The lowest BCUT2D eigenvalue weighted by molar-refractivity contribution is 0.0694. The molecule has 2 aromatic carbocycles. The molecule has 0 atom stereocenters. The molecular formula is C15H13ClO4. The quantitative estimate of drug-likeness (QED) is 0.914. The number of carboxylic acids is 1. The molecule has 0 spiro atoms. The molecule has 5 heteroatoms. The van der Waals surface area contributed by atoms with Crippen LogP contribution in [0.2, 0.25) is 5.02 Å².